The summed E-state index contributed by atoms with van der Waals surface area (Å²) in [7, 11) is -3.30. The molecule has 0 aliphatic heterocycles. The maximum absolute atomic E-state index is 13.2. The van der Waals surface area contributed by atoms with Gasteiger partial charge in [0.05, 0.1) is 21.7 Å². The normalized spacial score (nSPS) is 11.7. The Kier molecular flexibility index (Phi) is 4.97. The number of imidazole rings is 1. The summed E-state index contributed by atoms with van der Waals surface area (Å²) >= 11 is 1.07. The Labute approximate surface area is 151 Å². The van der Waals surface area contributed by atoms with Crippen molar-refractivity contribution in [3.63, 3.8) is 0 Å². The number of benzene rings is 2. The van der Waals surface area contributed by atoms with Crippen LogP contribution in [-0.2, 0) is 14.6 Å². The number of thioether (sulfide) groups is 1. The zero-order valence-corrected chi connectivity index (χ0v) is 15.0. The number of aromatic nitrogens is 2. The second kappa shape index (κ2) is 7.04. The minimum atomic E-state index is -3.30. The van der Waals surface area contributed by atoms with E-state index in [1.807, 2.05) is 0 Å². The van der Waals surface area contributed by atoms with Crippen molar-refractivity contribution in [3.05, 3.63) is 48.0 Å². The minimum Gasteiger partial charge on any atom is -0.333 e. The van der Waals surface area contributed by atoms with E-state index >= 15 is 0 Å². The van der Waals surface area contributed by atoms with Gasteiger partial charge in [0.1, 0.15) is 0 Å². The monoisotopic (exact) mass is 397 g/mol. The van der Waals surface area contributed by atoms with Crippen LogP contribution in [0.1, 0.15) is 0 Å². The number of hydrogen-bond donors (Lipinski definition) is 2. The molecule has 26 heavy (non-hydrogen) atoms. The first-order chi connectivity index (χ1) is 12.2. The van der Waals surface area contributed by atoms with E-state index in [0.717, 1.165) is 30.2 Å². The molecule has 2 aromatic carbocycles. The van der Waals surface area contributed by atoms with E-state index in [-0.39, 0.29) is 22.1 Å². The fraction of sp³-hybridized carbons (Fsp3) is 0.125. The van der Waals surface area contributed by atoms with Crippen LogP contribution in [-0.4, -0.2) is 36.3 Å². The third-order valence-electron chi connectivity index (χ3n) is 3.41. The molecule has 1 amide bonds. The summed E-state index contributed by atoms with van der Waals surface area (Å²) in [6.07, 6.45) is 1.10. The van der Waals surface area contributed by atoms with Gasteiger partial charge in [-0.1, -0.05) is 11.8 Å². The molecule has 3 aromatic rings. The summed E-state index contributed by atoms with van der Waals surface area (Å²) in [5, 5.41) is 2.98. The number of sulfone groups is 1. The van der Waals surface area contributed by atoms with Crippen molar-refractivity contribution >= 4 is 44.2 Å². The quantitative estimate of drug-likeness (QED) is 0.646. The number of fused-ring (bicyclic) bond motifs is 1. The van der Waals surface area contributed by atoms with Crippen LogP contribution in [0.15, 0.2) is 46.5 Å². The van der Waals surface area contributed by atoms with Crippen LogP contribution >= 0.6 is 11.8 Å². The molecule has 0 fully saturated rings. The Hall–Kier alpha value is -2.46. The summed E-state index contributed by atoms with van der Waals surface area (Å²) in [4.78, 5) is 19.0. The van der Waals surface area contributed by atoms with E-state index in [0.29, 0.717) is 16.4 Å². The van der Waals surface area contributed by atoms with E-state index in [1.165, 1.54) is 24.3 Å². The molecule has 0 spiro atoms. The standard InChI is InChI=1S/C16H13F2N3O3S2/c1-26(23,24)10-4-2-9(3-5-10)19-15(22)8-25-16-20-13-6-11(17)12(18)7-14(13)21-16/h2-7H,8H2,1H3,(H,19,22)(H,20,21). The zero-order valence-electron chi connectivity index (χ0n) is 13.4. The van der Waals surface area contributed by atoms with Gasteiger partial charge in [0, 0.05) is 24.1 Å². The molecule has 0 bridgehead atoms. The molecule has 0 atom stereocenters. The first kappa shape index (κ1) is 18.3. The van der Waals surface area contributed by atoms with Crippen LogP contribution in [0.3, 0.4) is 0 Å². The summed E-state index contributed by atoms with van der Waals surface area (Å²) in [6, 6.07) is 7.78. The van der Waals surface area contributed by atoms with Crippen LogP contribution in [0.5, 0.6) is 0 Å². The molecule has 0 saturated carbocycles. The topological polar surface area (TPSA) is 91.9 Å². The fourth-order valence-electron chi connectivity index (χ4n) is 2.17. The minimum absolute atomic E-state index is 0.0125. The Morgan fingerprint density at radius 3 is 2.50 bits per heavy atom. The Bertz CT molecular complexity index is 1040. The summed E-state index contributed by atoms with van der Waals surface area (Å²) in [6.45, 7) is 0. The molecule has 10 heteroatoms. The largest absolute Gasteiger partial charge is 0.333 e. The van der Waals surface area contributed by atoms with Crippen LogP contribution in [0, 0.1) is 11.6 Å². The second-order valence-corrected chi connectivity index (χ2v) is 8.44. The van der Waals surface area contributed by atoms with E-state index in [1.54, 1.807) is 0 Å². The molecule has 3 rings (SSSR count). The van der Waals surface area contributed by atoms with Crippen molar-refractivity contribution in [2.24, 2.45) is 0 Å². The van der Waals surface area contributed by atoms with Gasteiger partial charge in [-0.2, -0.15) is 0 Å². The Morgan fingerprint density at radius 1 is 1.19 bits per heavy atom. The van der Waals surface area contributed by atoms with Crippen molar-refractivity contribution in [2.75, 3.05) is 17.3 Å². The SMILES string of the molecule is CS(=O)(=O)c1ccc(NC(=O)CSc2nc3cc(F)c(F)cc3[nH]2)cc1. The molecule has 1 aromatic heterocycles. The molecule has 0 saturated heterocycles. The molecular weight excluding hydrogens is 384 g/mol. The van der Waals surface area contributed by atoms with Gasteiger partial charge in [0.15, 0.2) is 26.6 Å². The molecular formula is C16H13F2N3O3S2. The molecule has 0 aliphatic carbocycles. The average Bonchev–Trinajstić information content (AvgIpc) is 2.95. The van der Waals surface area contributed by atoms with E-state index in [2.05, 4.69) is 15.3 Å². The number of anilines is 1. The van der Waals surface area contributed by atoms with Crippen LogP contribution in [0.4, 0.5) is 14.5 Å². The smallest absolute Gasteiger partial charge is 0.234 e. The van der Waals surface area contributed by atoms with Gasteiger partial charge in [-0.3, -0.25) is 4.79 Å². The lowest BCUT2D eigenvalue weighted by Crippen LogP contribution is -2.14. The van der Waals surface area contributed by atoms with E-state index in [4.69, 9.17) is 0 Å². The van der Waals surface area contributed by atoms with E-state index in [9.17, 15) is 22.0 Å². The lowest BCUT2D eigenvalue weighted by atomic mass is 10.3. The lowest BCUT2D eigenvalue weighted by Gasteiger charge is -2.05. The zero-order chi connectivity index (χ0) is 18.9. The number of hydrogen-bond acceptors (Lipinski definition) is 5. The predicted molar refractivity (Wildman–Crippen MR) is 94.9 cm³/mol. The molecule has 6 nitrogen and oxygen atoms in total. The van der Waals surface area contributed by atoms with Gasteiger partial charge < -0.3 is 10.3 Å². The molecule has 0 aliphatic rings. The summed E-state index contributed by atoms with van der Waals surface area (Å²) in [5.74, 6) is -2.29. The third-order valence-corrected chi connectivity index (χ3v) is 5.41. The van der Waals surface area contributed by atoms with Gasteiger partial charge in [-0.25, -0.2) is 22.2 Å². The highest BCUT2D eigenvalue weighted by molar-refractivity contribution is 7.99. The maximum atomic E-state index is 13.2. The number of H-pyrrole nitrogens is 1. The molecule has 2 N–H and O–H groups in total. The highest BCUT2D eigenvalue weighted by Crippen LogP contribution is 2.22. The summed E-state index contributed by atoms with van der Waals surface area (Å²) in [5.41, 5.74) is 1.06. The van der Waals surface area contributed by atoms with Gasteiger partial charge >= 0.3 is 0 Å². The molecule has 0 unspecified atom stereocenters. The van der Waals surface area contributed by atoms with Crippen LogP contribution < -0.4 is 5.32 Å². The maximum Gasteiger partial charge on any atom is 0.234 e. The third kappa shape index (κ3) is 4.20. The predicted octanol–water partition coefficient (Wildman–Crippen LogP) is 2.98. The number of nitrogens with one attached hydrogen (secondary N) is 2. The number of aromatic amines is 1. The van der Waals surface area contributed by atoms with Gasteiger partial charge in [-0.15, -0.1) is 0 Å². The number of nitrogens with zero attached hydrogens (tertiary/aromatic N) is 1. The fourth-order valence-corrected chi connectivity index (χ4v) is 3.48. The first-order valence-corrected chi connectivity index (χ1v) is 10.2. The van der Waals surface area contributed by atoms with Gasteiger partial charge in [-0.05, 0) is 24.3 Å². The van der Waals surface area contributed by atoms with Crippen molar-refractivity contribution in [3.8, 4) is 0 Å². The Morgan fingerprint density at radius 2 is 1.85 bits per heavy atom. The van der Waals surface area contributed by atoms with Gasteiger partial charge in [0.2, 0.25) is 5.91 Å². The molecule has 136 valence electrons. The molecule has 1 heterocycles. The number of carbonyl (C=O) groups is 1. The van der Waals surface area contributed by atoms with Crippen LogP contribution in [0.25, 0.3) is 11.0 Å². The number of halogens is 2. The lowest BCUT2D eigenvalue weighted by molar-refractivity contribution is -0.113. The highest BCUT2D eigenvalue weighted by Gasteiger charge is 2.11. The van der Waals surface area contributed by atoms with Crippen molar-refractivity contribution in [2.45, 2.75) is 10.1 Å². The van der Waals surface area contributed by atoms with Crippen molar-refractivity contribution < 1.29 is 22.0 Å². The van der Waals surface area contributed by atoms with Crippen molar-refractivity contribution in [1.82, 2.24) is 9.97 Å². The highest BCUT2D eigenvalue weighted by atomic mass is 32.2. The van der Waals surface area contributed by atoms with E-state index < -0.39 is 21.5 Å². The second-order valence-electron chi connectivity index (χ2n) is 5.46. The number of amides is 1. The van der Waals surface area contributed by atoms with Crippen LogP contribution in [0.2, 0.25) is 0 Å². The first-order valence-electron chi connectivity index (χ1n) is 7.30. The van der Waals surface area contributed by atoms with Crippen molar-refractivity contribution in [1.29, 1.82) is 0 Å². The summed E-state index contributed by atoms with van der Waals surface area (Å²) < 4.78 is 49.2. The average molecular weight is 397 g/mol. The Balaban J connectivity index is 1.62. The number of carbonyl (C=O) groups excluding carboxylic acids is 1. The number of rotatable bonds is 5. The molecule has 0 radical (unpaired) electrons. The van der Waals surface area contributed by atoms with Gasteiger partial charge in [0.25, 0.3) is 0 Å².